The Balaban J connectivity index is 1.94. The number of benzene rings is 1. The third-order valence-electron chi connectivity index (χ3n) is 2.13. The first kappa shape index (κ1) is 10.4. The van der Waals surface area contributed by atoms with Gasteiger partial charge in [0.15, 0.2) is 0 Å². The van der Waals surface area contributed by atoms with E-state index in [0.29, 0.717) is 6.61 Å². The lowest BCUT2D eigenvalue weighted by Crippen LogP contribution is -2.24. The Kier molecular flexibility index (Phi) is 3.10. The summed E-state index contributed by atoms with van der Waals surface area (Å²) in [5, 5.41) is 2.99. The third kappa shape index (κ3) is 2.69. The number of rotatable bonds is 2. The third-order valence-corrected chi connectivity index (χ3v) is 4.03. The molecule has 2 atom stereocenters. The van der Waals surface area contributed by atoms with E-state index in [9.17, 15) is 4.89 Å². The van der Waals surface area contributed by atoms with Crippen molar-refractivity contribution in [3.8, 4) is 0 Å². The van der Waals surface area contributed by atoms with Crippen molar-refractivity contribution in [2.24, 2.45) is 0 Å². The van der Waals surface area contributed by atoms with Crippen molar-refractivity contribution in [3.63, 3.8) is 0 Å². The van der Waals surface area contributed by atoms with E-state index in [1.54, 1.807) is 0 Å². The van der Waals surface area contributed by atoms with Gasteiger partial charge in [0.05, 0.1) is 18.3 Å². The predicted molar refractivity (Wildman–Crippen MR) is 61.1 cm³/mol. The van der Waals surface area contributed by atoms with E-state index < -0.39 is 7.07 Å². The summed E-state index contributed by atoms with van der Waals surface area (Å²) in [6.07, 6.45) is 0.865. The molecule has 1 aromatic carbocycles. The van der Waals surface area contributed by atoms with Gasteiger partial charge in [-0.05, 0) is 12.0 Å². The van der Waals surface area contributed by atoms with E-state index in [1.165, 1.54) is 5.56 Å². The van der Waals surface area contributed by atoms with Crippen LogP contribution in [0.2, 0.25) is 0 Å². The van der Waals surface area contributed by atoms with Crippen LogP contribution in [-0.2, 0) is 10.9 Å². The molecule has 1 aliphatic rings. The topological polar surface area (TPSA) is 41.5 Å². The Labute approximate surface area is 89.2 Å². The van der Waals surface area contributed by atoms with Crippen molar-refractivity contribution in [1.82, 2.24) is 5.09 Å². The highest BCUT2D eigenvalue weighted by molar-refractivity contribution is 8.48. The molecule has 1 fully saturated rings. The molecule has 0 bridgehead atoms. The van der Waals surface area contributed by atoms with E-state index in [2.05, 4.69) is 29.5 Å². The SMILES string of the molecule is O[P+]1(S)NC(Cc2ccccc2)CO1. The molecule has 0 aromatic heterocycles. The van der Waals surface area contributed by atoms with Crippen LogP contribution in [0.25, 0.3) is 0 Å². The van der Waals surface area contributed by atoms with Gasteiger partial charge < -0.3 is 0 Å². The van der Waals surface area contributed by atoms with E-state index in [4.69, 9.17) is 4.52 Å². The molecule has 0 aliphatic carbocycles. The largest absolute Gasteiger partial charge is 0.407 e. The van der Waals surface area contributed by atoms with Crippen LogP contribution in [0.1, 0.15) is 5.56 Å². The van der Waals surface area contributed by atoms with Crippen molar-refractivity contribution in [2.45, 2.75) is 12.5 Å². The zero-order valence-electron chi connectivity index (χ0n) is 7.63. The van der Waals surface area contributed by atoms with Crippen LogP contribution in [0.4, 0.5) is 0 Å². The summed E-state index contributed by atoms with van der Waals surface area (Å²) in [4.78, 5) is 9.48. The Bertz CT molecular complexity index is 307. The average molecular weight is 230 g/mol. The molecule has 1 aliphatic heterocycles. The second-order valence-electron chi connectivity index (χ2n) is 3.36. The van der Waals surface area contributed by atoms with Gasteiger partial charge in [0.2, 0.25) is 0 Å². The van der Waals surface area contributed by atoms with E-state index in [1.807, 2.05) is 18.2 Å². The quantitative estimate of drug-likeness (QED) is 0.536. The van der Waals surface area contributed by atoms with Crippen LogP contribution in [-0.4, -0.2) is 17.5 Å². The maximum atomic E-state index is 9.48. The molecule has 0 radical (unpaired) electrons. The molecule has 14 heavy (non-hydrogen) atoms. The lowest BCUT2D eigenvalue weighted by atomic mass is 10.1. The van der Waals surface area contributed by atoms with Gasteiger partial charge in [-0.25, -0.2) is 0 Å². The standard InChI is InChI=1S/C9H13NO2PS/c11-13(14)10-9(7-12-13)6-8-4-2-1-3-5-8/h1-5,9-11,14H,6-7H2/q+1. The zero-order chi connectivity index (χ0) is 10.0. The van der Waals surface area contributed by atoms with Crippen LogP contribution in [0.3, 0.4) is 0 Å². The van der Waals surface area contributed by atoms with Gasteiger partial charge in [-0.3, -0.25) is 0 Å². The molecule has 1 saturated heterocycles. The zero-order valence-corrected chi connectivity index (χ0v) is 9.42. The van der Waals surface area contributed by atoms with Gasteiger partial charge >= 0.3 is 7.07 Å². The molecule has 0 amide bonds. The summed E-state index contributed by atoms with van der Waals surface area (Å²) >= 11 is 4.01. The molecular formula is C9H13NO2PS+. The summed E-state index contributed by atoms with van der Waals surface area (Å²) in [6, 6.07) is 10.3. The van der Waals surface area contributed by atoms with E-state index >= 15 is 0 Å². The first-order chi connectivity index (χ1) is 6.66. The van der Waals surface area contributed by atoms with Crippen LogP contribution >= 0.6 is 19.3 Å². The highest BCUT2D eigenvalue weighted by atomic mass is 32.7. The number of nitrogens with one attached hydrogen (secondary N) is 1. The summed E-state index contributed by atoms with van der Waals surface area (Å²) in [7, 11) is -2.54. The molecule has 3 nitrogen and oxygen atoms in total. The smallest absolute Gasteiger partial charge is 0.193 e. The molecule has 2 unspecified atom stereocenters. The predicted octanol–water partition coefficient (Wildman–Crippen LogP) is 1.82. The van der Waals surface area contributed by atoms with Gasteiger partial charge in [0, 0.05) is 0 Å². The van der Waals surface area contributed by atoms with Crippen molar-refractivity contribution in [3.05, 3.63) is 35.9 Å². The fourth-order valence-corrected chi connectivity index (χ4v) is 3.30. The first-order valence-electron chi connectivity index (χ1n) is 4.46. The van der Waals surface area contributed by atoms with Gasteiger partial charge in [-0.2, -0.15) is 9.42 Å². The highest BCUT2D eigenvalue weighted by Crippen LogP contribution is 2.59. The van der Waals surface area contributed by atoms with Gasteiger partial charge in [-0.15, -0.1) is 5.09 Å². The summed E-state index contributed by atoms with van der Waals surface area (Å²) < 4.78 is 5.14. The highest BCUT2D eigenvalue weighted by Gasteiger charge is 2.44. The van der Waals surface area contributed by atoms with Crippen LogP contribution in [0.15, 0.2) is 30.3 Å². The minimum absolute atomic E-state index is 0.174. The minimum Gasteiger partial charge on any atom is -0.193 e. The van der Waals surface area contributed by atoms with Crippen molar-refractivity contribution in [1.29, 1.82) is 0 Å². The molecule has 1 aromatic rings. The Morgan fingerprint density at radius 1 is 1.50 bits per heavy atom. The molecule has 2 rings (SSSR count). The molecule has 2 N–H and O–H groups in total. The lowest BCUT2D eigenvalue weighted by Gasteiger charge is -2.06. The van der Waals surface area contributed by atoms with Crippen LogP contribution < -0.4 is 5.09 Å². The fourth-order valence-electron chi connectivity index (χ4n) is 1.51. The molecule has 5 heteroatoms. The lowest BCUT2D eigenvalue weighted by molar-refractivity contribution is 0.326. The monoisotopic (exact) mass is 230 g/mol. The van der Waals surface area contributed by atoms with Crippen LogP contribution in [0, 0.1) is 0 Å². The van der Waals surface area contributed by atoms with Gasteiger partial charge in [0.1, 0.15) is 6.61 Å². The van der Waals surface area contributed by atoms with E-state index in [0.717, 1.165) is 6.42 Å². The first-order valence-corrected chi connectivity index (χ1v) is 7.28. The van der Waals surface area contributed by atoms with Crippen molar-refractivity contribution >= 4 is 19.3 Å². The average Bonchev–Trinajstić information content (AvgIpc) is 2.47. The van der Waals surface area contributed by atoms with Crippen molar-refractivity contribution < 1.29 is 9.42 Å². The molecular weight excluding hydrogens is 217 g/mol. The minimum atomic E-state index is -2.54. The maximum Gasteiger partial charge on any atom is 0.407 e. The van der Waals surface area contributed by atoms with E-state index in [-0.39, 0.29) is 6.04 Å². The summed E-state index contributed by atoms with van der Waals surface area (Å²) in [6.45, 7) is 0.530. The maximum absolute atomic E-state index is 9.48. The second kappa shape index (κ2) is 4.17. The molecule has 76 valence electrons. The molecule has 0 saturated carbocycles. The number of thiol groups is 1. The normalized spacial score (nSPS) is 32.0. The molecule has 0 spiro atoms. The Morgan fingerprint density at radius 2 is 2.21 bits per heavy atom. The fraction of sp³-hybridized carbons (Fsp3) is 0.333. The summed E-state index contributed by atoms with van der Waals surface area (Å²) in [5.41, 5.74) is 1.24. The Morgan fingerprint density at radius 3 is 2.79 bits per heavy atom. The second-order valence-corrected chi connectivity index (χ2v) is 6.59. The number of hydrogen-bond acceptors (Lipinski definition) is 4. The van der Waals surface area contributed by atoms with Crippen molar-refractivity contribution in [2.75, 3.05) is 6.61 Å². The van der Waals surface area contributed by atoms with Gasteiger partial charge in [0.25, 0.3) is 0 Å². The molecule has 1 heterocycles. The van der Waals surface area contributed by atoms with Crippen LogP contribution in [0.5, 0.6) is 0 Å². The summed E-state index contributed by atoms with van der Waals surface area (Å²) in [5.74, 6) is 0. The number of hydrogen-bond donors (Lipinski definition) is 3. The Hall–Kier alpha value is -0.120. The van der Waals surface area contributed by atoms with Gasteiger partial charge in [-0.1, -0.05) is 30.3 Å².